The van der Waals surface area contributed by atoms with Crippen LogP contribution >= 0.6 is 15.9 Å². The number of nitrogens with one attached hydrogen (secondary N) is 1. The van der Waals surface area contributed by atoms with Crippen molar-refractivity contribution in [2.75, 3.05) is 0 Å². The van der Waals surface area contributed by atoms with E-state index < -0.39 is 28.8 Å². The van der Waals surface area contributed by atoms with Gasteiger partial charge >= 0.3 is 6.18 Å². The molecule has 0 saturated carbocycles. The highest BCUT2D eigenvalue weighted by Gasteiger charge is 2.37. The van der Waals surface area contributed by atoms with Gasteiger partial charge in [0.05, 0.1) is 16.7 Å². The summed E-state index contributed by atoms with van der Waals surface area (Å²) in [5.74, 6) is -0.680. The highest BCUT2D eigenvalue weighted by molar-refractivity contribution is 9.10. The quantitative estimate of drug-likeness (QED) is 0.854. The molecule has 0 aliphatic heterocycles. The van der Waals surface area contributed by atoms with Crippen LogP contribution in [-0.2, 0) is 6.18 Å². The third kappa shape index (κ3) is 4.20. The van der Waals surface area contributed by atoms with Gasteiger partial charge in [-0.2, -0.15) is 13.2 Å². The second-order valence-corrected chi connectivity index (χ2v) is 6.68. The maximum absolute atomic E-state index is 12.8. The number of carbonyl (C=O) groups is 1. The first-order chi connectivity index (χ1) is 9.25. The predicted molar refractivity (Wildman–Crippen MR) is 77.0 cm³/mol. The zero-order valence-corrected chi connectivity index (χ0v) is 13.7. The lowest BCUT2D eigenvalue weighted by molar-refractivity contribution is -0.138. The Balaban J connectivity index is 3.11. The van der Waals surface area contributed by atoms with Gasteiger partial charge in [-0.1, -0.05) is 15.9 Å². The summed E-state index contributed by atoms with van der Waals surface area (Å²) in [7, 11) is 0. The summed E-state index contributed by atoms with van der Waals surface area (Å²) < 4.78 is 38.3. The summed E-state index contributed by atoms with van der Waals surface area (Å²) in [6, 6.07) is 3.24. The molecule has 0 aliphatic carbocycles. The van der Waals surface area contributed by atoms with E-state index >= 15 is 0 Å². The Labute approximate surface area is 129 Å². The second-order valence-electron chi connectivity index (χ2n) is 5.83. The van der Waals surface area contributed by atoms with Crippen LogP contribution in [-0.4, -0.2) is 22.2 Å². The number of amides is 1. The zero-order chi connectivity index (χ0) is 16.6. The highest BCUT2D eigenvalue weighted by Crippen LogP contribution is 2.35. The molecule has 1 aromatic rings. The minimum Gasteiger partial charge on any atom is -0.388 e. The van der Waals surface area contributed by atoms with Gasteiger partial charge in [-0.3, -0.25) is 4.79 Å². The van der Waals surface area contributed by atoms with Crippen molar-refractivity contribution >= 4 is 21.8 Å². The molecule has 0 heterocycles. The summed E-state index contributed by atoms with van der Waals surface area (Å²) in [5.41, 5.74) is -3.28. The van der Waals surface area contributed by atoms with Gasteiger partial charge in [0.1, 0.15) is 0 Å². The van der Waals surface area contributed by atoms with Crippen LogP contribution in [0.5, 0.6) is 0 Å². The topological polar surface area (TPSA) is 49.3 Å². The van der Waals surface area contributed by atoms with Crippen molar-refractivity contribution in [3.05, 3.63) is 33.8 Å². The van der Waals surface area contributed by atoms with Crippen molar-refractivity contribution in [1.29, 1.82) is 0 Å². The van der Waals surface area contributed by atoms with Crippen molar-refractivity contribution in [2.24, 2.45) is 0 Å². The number of carbonyl (C=O) groups excluding carboxylic acids is 1. The van der Waals surface area contributed by atoms with Crippen LogP contribution in [0.3, 0.4) is 0 Å². The van der Waals surface area contributed by atoms with Gasteiger partial charge in [0, 0.05) is 10.0 Å². The predicted octanol–water partition coefficient (Wildman–Crippen LogP) is 3.75. The molecule has 0 aromatic heterocycles. The largest absolute Gasteiger partial charge is 0.417 e. The summed E-state index contributed by atoms with van der Waals surface area (Å²) in [5, 5.41) is 12.5. The summed E-state index contributed by atoms with van der Waals surface area (Å²) in [6.45, 7) is 6.20. The SMILES string of the molecule is CC(C)(O)C(C)(C)NC(=O)c1ccc(Br)c(C(F)(F)F)c1. The van der Waals surface area contributed by atoms with Gasteiger partial charge in [-0.15, -0.1) is 0 Å². The number of aliphatic hydroxyl groups is 1. The Bertz CT molecular complexity index is 548. The van der Waals surface area contributed by atoms with Crippen LogP contribution in [0.2, 0.25) is 0 Å². The molecule has 0 spiro atoms. The van der Waals surface area contributed by atoms with E-state index in [-0.39, 0.29) is 10.0 Å². The number of benzene rings is 1. The van der Waals surface area contributed by atoms with Crippen LogP contribution in [0.25, 0.3) is 0 Å². The fourth-order valence-corrected chi connectivity index (χ4v) is 1.86. The number of rotatable bonds is 3. The molecule has 0 fully saturated rings. The Kier molecular flexibility index (Phi) is 4.80. The van der Waals surface area contributed by atoms with Crippen molar-refractivity contribution in [3.63, 3.8) is 0 Å². The molecule has 0 saturated heterocycles. The smallest absolute Gasteiger partial charge is 0.388 e. The molecule has 3 nitrogen and oxygen atoms in total. The highest BCUT2D eigenvalue weighted by atomic mass is 79.9. The fraction of sp³-hybridized carbons (Fsp3) is 0.500. The maximum atomic E-state index is 12.8. The van der Waals surface area contributed by atoms with Crippen molar-refractivity contribution in [2.45, 2.75) is 45.0 Å². The van der Waals surface area contributed by atoms with E-state index in [9.17, 15) is 23.1 Å². The van der Waals surface area contributed by atoms with Gasteiger partial charge < -0.3 is 10.4 Å². The van der Waals surface area contributed by atoms with E-state index in [0.29, 0.717) is 0 Å². The molecule has 0 radical (unpaired) electrons. The summed E-state index contributed by atoms with van der Waals surface area (Å²) in [4.78, 5) is 12.1. The summed E-state index contributed by atoms with van der Waals surface area (Å²) in [6.07, 6.45) is -4.55. The number of hydrogen-bond donors (Lipinski definition) is 2. The minimum absolute atomic E-state index is 0.122. The van der Waals surface area contributed by atoms with E-state index in [1.807, 2.05) is 0 Å². The van der Waals surface area contributed by atoms with E-state index in [1.54, 1.807) is 13.8 Å². The Morgan fingerprint density at radius 1 is 1.19 bits per heavy atom. The Morgan fingerprint density at radius 3 is 2.14 bits per heavy atom. The van der Waals surface area contributed by atoms with Crippen molar-refractivity contribution in [1.82, 2.24) is 5.32 Å². The van der Waals surface area contributed by atoms with Crippen LogP contribution < -0.4 is 5.32 Å². The van der Waals surface area contributed by atoms with Crippen LogP contribution in [0.1, 0.15) is 43.6 Å². The zero-order valence-electron chi connectivity index (χ0n) is 12.1. The molecule has 0 bridgehead atoms. The lowest BCUT2D eigenvalue weighted by Gasteiger charge is -2.38. The third-order valence-electron chi connectivity index (χ3n) is 3.49. The van der Waals surface area contributed by atoms with Gasteiger partial charge in [0.25, 0.3) is 5.91 Å². The van der Waals surface area contributed by atoms with Gasteiger partial charge in [0.2, 0.25) is 0 Å². The molecular weight excluding hydrogens is 351 g/mol. The molecule has 0 atom stereocenters. The van der Waals surface area contributed by atoms with Gasteiger partial charge in [-0.25, -0.2) is 0 Å². The lowest BCUT2D eigenvalue weighted by Crippen LogP contribution is -2.57. The molecular formula is C14H17BrF3NO2. The Morgan fingerprint density at radius 2 is 1.71 bits per heavy atom. The molecule has 1 amide bonds. The molecule has 0 unspecified atom stereocenters. The van der Waals surface area contributed by atoms with Crippen LogP contribution in [0, 0.1) is 0 Å². The Hall–Kier alpha value is -1.08. The normalized spacial score (nSPS) is 13.2. The first-order valence-corrected chi connectivity index (χ1v) is 6.96. The first-order valence-electron chi connectivity index (χ1n) is 6.17. The summed E-state index contributed by atoms with van der Waals surface area (Å²) >= 11 is 2.82. The molecule has 0 aliphatic rings. The van der Waals surface area contributed by atoms with E-state index in [4.69, 9.17) is 0 Å². The van der Waals surface area contributed by atoms with E-state index in [2.05, 4.69) is 21.2 Å². The van der Waals surface area contributed by atoms with Crippen LogP contribution in [0.15, 0.2) is 22.7 Å². The standard InChI is InChI=1S/C14H17BrF3NO2/c1-12(2,13(3,4)21)19-11(20)8-5-6-10(15)9(7-8)14(16,17)18/h5-7,21H,1-4H3,(H,19,20). The van der Waals surface area contributed by atoms with Gasteiger partial charge in [-0.05, 0) is 45.9 Å². The third-order valence-corrected chi connectivity index (χ3v) is 4.18. The van der Waals surface area contributed by atoms with Crippen molar-refractivity contribution in [3.8, 4) is 0 Å². The monoisotopic (exact) mass is 367 g/mol. The lowest BCUT2D eigenvalue weighted by atomic mass is 9.85. The first kappa shape index (κ1) is 18.0. The molecule has 118 valence electrons. The fourth-order valence-electron chi connectivity index (χ4n) is 1.39. The average molecular weight is 368 g/mol. The van der Waals surface area contributed by atoms with Crippen LogP contribution in [0.4, 0.5) is 13.2 Å². The average Bonchev–Trinajstić information content (AvgIpc) is 2.25. The molecule has 2 N–H and O–H groups in total. The number of halogens is 4. The van der Waals surface area contributed by atoms with Crippen molar-refractivity contribution < 1.29 is 23.1 Å². The van der Waals surface area contributed by atoms with E-state index in [1.165, 1.54) is 26.0 Å². The molecule has 1 rings (SSSR count). The number of alkyl halides is 3. The second kappa shape index (κ2) is 5.61. The number of hydrogen-bond acceptors (Lipinski definition) is 2. The molecule has 7 heteroatoms. The van der Waals surface area contributed by atoms with E-state index in [0.717, 1.165) is 6.07 Å². The minimum atomic E-state index is -4.55. The molecule has 21 heavy (non-hydrogen) atoms. The van der Waals surface area contributed by atoms with Gasteiger partial charge in [0.15, 0.2) is 0 Å². The maximum Gasteiger partial charge on any atom is 0.417 e. The molecule has 1 aromatic carbocycles.